The molecule has 1 saturated heterocycles. The molecule has 0 bridgehead atoms. The van der Waals surface area contributed by atoms with Crippen LogP contribution < -0.4 is 15.5 Å². The molecule has 3 N–H and O–H groups in total. The third-order valence-electron chi connectivity index (χ3n) is 4.98. The van der Waals surface area contributed by atoms with Crippen LogP contribution in [0.1, 0.15) is 21.6 Å². The van der Waals surface area contributed by atoms with Gasteiger partial charge in [0.1, 0.15) is 5.82 Å². The number of benzene rings is 1. The summed E-state index contributed by atoms with van der Waals surface area (Å²) in [7, 11) is 0. The quantitative estimate of drug-likeness (QED) is 0.590. The highest BCUT2D eigenvalue weighted by molar-refractivity contribution is 6.31. The molecular formula is C21H19ClN6O2. The Kier molecular flexibility index (Phi) is 5.65. The molecule has 1 fully saturated rings. The molecule has 0 saturated carbocycles. The Morgan fingerprint density at radius 2 is 2.10 bits per heavy atom. The Morgan fingerprint density at radius 3 is 2.83 bits per heavy atom. The van der Waals surface area contributed by atoms with Gasteiger partial charge in [-0.1, -0.05) is 17.7 Å². The molecule has 2 aromatic heterocycles. The van der Waals surface area contributed by atoms with E-state index in [-0.39, 0.29) is 18.0 Å². The van der Waals surface area contributed by atoms with E-state index in [2.05, 4.69) is 25.5 Å². The van der Waals surface area contributed by atoms with Gasteiger partial charge in [-0.25, -0.2) is 9.97 Å². The first kappa shape index (κ1) is 19.9. The van der Waals surface area contributed by atoms with E-state index in [0.717, 1.165) is 32.0 Å². The van der Waals surface area contributed by atoms with Crippen molar-refractivity contribution in [3.05, 3.63) is 58.4 Å². The van der Waals surface area contributed by atoms with Crippen LogP contribution in [0, 0.1) is 11.3 Å². The van der Waals surface area contributed by atoms with Gasteiger partial charge in [-0.05, 0) is 29.8 Å². The van der Waals surface area contributed by atoms with E-state index in [0.29, 0.717) is 27.1 Å². The fraction of sp³-hybridized carbons (Fsp3) is 0.238. The van der Waals surface area contributed by atoms with Gasteiger partial charge in [-0.3, -0.25) is 4.79 Å². The van der Waals surface area contributed by atoms with Crippen molar-refractivity contribution in [3.8, 4) is 11.8 Å². The number of fused-ring (bicyclic) bond motifs is 1. The molecule has 152 valence electrons. The van der Waals surface area contributed by atoms with E-state index in [1.807, 2.05) is 12.1 Å². The Bertz CT molecular complexity index is 1150. The lowest BCUT2D eigenvalue weighted by Crippen LogP contribution is -2.43. The second kappa shape index (κ2) is 8.53. The molecule has 1 aliphatic rings. The molecule has 3 heterocycles. The summed E-state index contributed by atoms with van der Waals surface area (Å²) in [6.07, 6.45) is 1.49. The molecule has 0 spiro atoms. The molecule has 0 atom stereocenters. The minimum atomic E-state index is -0.527. The average molecular weight is 423 g/mol. The highest BCUT2D eigenvalue weighted by Gasteiger charge is 2.18. The van der Waals surface area contributed by atoms with Crippen LogP contribution in [0.3, 0.4) is 0 Å². The molecule has 0 aliphatic carbocycles. The zero-order chi connectivity index (χ0) is 21.1. The molecule has 0 radical (unpaired) electrons. The van der Waals surface area contributed by atoms with E-state index >= 15 is 0 Å². The van der Waals surface area contributed by atoms with Crippen molar-refractivity contribution in [3.63, 3.8) is 0 Å². The first-order chi connectivity index (χ1) is 14.6. The molecule has 9 heteroatoms. The first-order valence-electron chi connectivity index (χ1n) is 9.48. The minimum absolute atomic E-state index is 0.0796. The molecule has 8 nitrogen and oxygen atoms in total. The number of nitrogens with one attached hydrogen (secondary N) is 2. The van der Waals surface area contributed by atoms with Crippen molar-refractivity contribution in [2.24, 2.45) is 0 Å². The van der Waals surface area contributed by atoms with Crippen molar-refractivity contribution in [2.75, 3.05) is 31.1 Å². The number of pyridine rings is 2. The Labute approximate surface area is 178 Å². The third kappa shape index (κ3) is 3.99. The first-order valence-corrected chi connectivity index (χ1v) is 9.85. The number of hydrogen-bond donors (Lipinski definition) is 3. The van der Waals surface area contributed by atoms with Gasteiger partial charge >= 0.3 is 0 Å². The van der Waals surface area contributed by atoms with Crippen molar-refractivity contribution < 1.29 is 9.90 Å². The predicted molar refractivity (Wildman–Crippen MR) is 114 cm³/mol. The maximum absolute atomic E-state index is 12.6. The molecule has 30 heavy (non-hydrogen) atoms. The maximum Gasteiger partial charge on any atom is 0.274 e. The molecule has 1 aromatic carbocycles. The standard InChI is InChI=1S/C21H19ClN6O2/c22-16-9-13(10-23)1-2-14(16)11-26-21(30)19-20(29)15-3-4-18(27-17(15)12-25-19)28-7-5-24-6-8-28/h1-4,9,12,24,29H,5-8,11H2,(H,26,30). The highest BCUT2D eigenvalue weighted by Crippen LogP contribution is 2.28. The molecular weight excluding hydrogens is 404 g/mol. The van der Waals surface area contributed by atoms with Crippen molar-refractivity contribution >= 4 is 34.2 Å². The van der Waals surface area contributed by atoms with Crippen LogP contribution in [0.25, 0.3) is 10.9 Å². The number of anilines is 1. The van der Waals surface area contributed by atoms with Crippen LogP contribution in [-0.2, 0) is 6.54 Å². The van der Waals surface area contributed by atoms with Crippen LogP contribution in [0.4, 0.5) is 5.82 Å². The van der Waals surface area contributed by atoms with Crippen molar-refractivity contribution in [1.82, 2.24) is 20.6 Å². The van der Waals surface area contributed by atoms with Crippen LogP contribution in [-0.4, -0.2) is 47.2 Å². The number of rotatable bonds is 4. The smallest absolute Gasteiger partial charge is 0.274 e. The number of carbonyl (C=O) groups is 1. The number of piperazine rings is 1. The van der Waals surface area contributed by atoms with Gasteiger partial charge in [0.05, 0.1) is 23.3 Å². The minimum Gasteiger partial charge on any atom is -0.505 e. The fourth-order valence-corrected chi connectivity index (χ4v) is 3.58. The number of amides is 1. The lowest BCUT2D eigenvalue weighted by molar-refractivity contribution is 0.0943. The summed E-state index contributed by atoms with van der Waals surface area (Å²) in [5.74, 6) is 0.0779. The molecule has 4 rings (SSSR count). The van der Waals surface area contributed by atoms with Crippen LogP contribution in [0.5, 0.6) is 5.75 Å². The van der Waals surface area contributed by atoms with Gasteiger partial charge in [0, 0.05) is 43.1 Å². The number of halogens is 1. The molecule has 1 amide bonds. The fourth-order valence-electron chi connectivity index (χ4n) is 3.33. The topological polar surface area (TPSA) is 114 Å². The van der Waals surface area contributed by atoms with E-state index in [9.17, 15) is 9.90 Å². The molecule has 3 aromatic rings. The van der Waals surface area contributed by atoms with E-state index in [1.54, 1.807) is 18.2 Å². The summed E-state index contributed by atoms with van der Waals surface area (Å²) >= 11 is 6.14. The number of aromatic nitrogens is 2. The van der Waals surface area contributed by atoms with Gasteiger partial charge in [0.2, 0.25) is 0 Å². The van der Waals surface area contributed by atoms with E-state index < -0.39 is 5.91 Å². The van der Waals surface area contributed by atoms with Gasteiger partial charge in [-0.2, -0.15) is 5.26 Å². The SMILES string of the molecule is N#Cc1ccc(CNC(=O)c2ncc3nc(N4CCNCC4)ccc3c2O)c(Cl)c1. The van der Waals surface area contributed by atoms with Crippen LogP contribution in [0.2, 0.25) is 5.02 Å². The third-order valence-corrected chi connectivity index (χ3v) is 5.33. The lowest BCUT2D eigenvalue weighted by Gasteiger charge is -2.28. The normalized spacial score (nSPS) is 13.8. The Morgan fingerprint density at radius 1 is 1.30 bits per heavy atom. The van der Waals surface area contributed by atoms with Crippen LogP contribution in [0.15, 0.2) is 36.5 Å². The van der Waals surface area contributed by atoms with Gasteiger partial charge in [-0.15, -0.1) is 0 Å². The number of carbonyl (C=O) groups excluding carboxylic acids is 1. The summed E-state index contributed by atoms with van der Waals surface area (Å²) in [5.41, 5.74) is 1.54. The largest absolute Gasteiger partial charge is 0.505 e. The average Bonchev–Trinajstić information content (AvgIpc) is 2.78. The van der Waals surface area contributed by atoms with Crippen molar-refractivity contribution in [1.29, 1.82) is 5.26 Å². The maximum atomic E-state index is 12.6. The predicted octanol–water partition coefficient (Wildman–Crippen LogP) is 2.20. The number of nitrogens with zero attached hydrogens (tertiary/aromatic N) is 4. The summed E-state index contributed by atoms with van der Waals surface area (Å²) in [6.45, 7) is 3.65. The molecule has 1 aliphatic heterocycles. The van der Waals surface area contributed by atoms with Crippen molar-refractivity contribution in [2.45, 2.75) is 6.54 Å². The monoisotopic (exact) mass is 422 g/mol. The number of nitriles is 1. The van der Waals surface area contributed by atoms with Gasteiger partial charge < -0.3 is 20.6 Å². The zero-order valence-electron chi connectivity index (χ0n) is 16.0. The van der Waals surface area contributed by atoms with Crippen LogP contribution >= 0.6 is 11.6 Å². The Balaban J connectivity index is 1.53. The summed E-state index contributed by atoms with van der Waals surface area (Å²) in [6, 6.07) is 10.4. The summed E-state index contributed by atoms with van der Waals surface area (Å²) in [5, 5.41) is 26.3. The van der Waals surface area contributed by atoms with E-state index in [1.165, 1.54) is 12.3 Å². The summed E-state index contributed by atoms with van der Waals surface area (Å²) < 4.78 is 0. The van der Waals surface area contributed by atoms with Gasteiger partial charge in [0.25, 0.3) is 5.91 Å². The Hall–Kier alpha value is -3.41. The van der Waals surface area contributed by atoms with Gasteiger partial charge in [0.15, 0.2) is 11.4 Å². The highest BCUT2D eigenvalue weighted by atomic mass is 35.5. The summed E-state index contributed by atoms with van der Waals surface area (Å²) in [4.78, 5) is 23.4. The number of aromatic hydroxyl groups is 1. The van der Waals surface area contributed by atoms with E-state index in [4.69, 9.17) is 16.9 Å². The second-order valence-electron chi connectivity index (χ2n) is 6.90. The zero-order valence-corrected chi connectivity index (χ0v) is 16.8. The second-order valence-corrected chi connectivity index (χ2v) is 7.30. The lowest BCUT2D eigenvalue weighted by atomic mass is 10.1. The number of hydrogen-bond acceptors (Lipinski definition) is 7. The molecule has 0 unspecified atom stereocenters.